The molecule has 4 aromatic carbocycles. The van der Waals surface area contributed by atoms with Crippen molar-refractivity contribution < 1.29 is 30.0 Å². The molecule has 2 aliphatic rings. The fourth-order valence-corrected chi connectivity index (χ4v) is 6.05. The van der Waals surface area contributed by atoms with Crippen LogP contribution in [0, 0.1) is 17.9 Å². The monoisotopic (exact) mass is 706 g/mol. The zero-order valence-corrected chi connectivity index (χ0v) is 24.9. The predicted octanol–water partition coefficient (Wildman–Crippen LogP) is 8.78. The summed E-state index contributed by atoms with van der Waals surface area (Å²) in [6, 6.07) is 28.1. The molecule has 205 valence electrons. The molecule has 2 saturated carbocycles. The molecule has 0 spiro atoms. The average Bonchev–Trinajstić information content (AvgIpc) is 3.72. The number of aliphatic hydroxyl groups excluding tert-OH is 1. The van der Waals surface area contributed by atoms with Crippen molar-refractivity contribution in [1.29, 1.82) is 0 Å². The molecule has 1 N–H and O–H groups in total. The van der Waals surface area contributed by atoms with Crippen LogP contribution in [-0.2, 0) is 24.9 Å². The third-order valence-corrected chi connectivity index (χ3v) is 8.24. The number of fused-ring (bicyclic) bond motifs is 4. The van der Waals surface area contributed by atoms with Crippen LogP contribution in [0.25, 0.3) is 43.8 Å². The van der Waals surface area contributed by atoms with E-state index in [0.717, 1.165) is 58.7 Å². The number of allylic oxidation sites excluding steroid dienone is 2. The molecule has 0 unspecified atom stereocenters. The minimum atomic E-state index is 0. The van der Waals surface area contributed by atoms with Crippen LogP contribution < -0.4 is 0 Å². The van der Waals surface area contributed by atoms with E-state index in [1.807, 2.05) is 30.5 Å². The quantitative estimate of drug-likeness (QED) is 0.0880. The molecule has 0 bridgehead atoms. The van der Waals surface area contributed by atoms with Gasteiger partial charge in [-0.25, -0.2) is 0 Å². The summed E-state index contributed by atoms with van der Waals surface area (Å²) in [6.07, 6.45) is 12.3. The molecule has 1 heterocycles. The smallest absolute Gasteiger partial charge is 0.162 e. The number of nitrogens with zero attached hydrogens (tertiary/aromatic N) is 2. The van der Waals surface area contributed by atoms with E-state index in [0.29, 0.717) is 5.76 Å². The third-order valence-electron chi connectivity index (χ3n) is 8.24. The summed E-state index contributed by atoms with van der Waals surface area (Å²) in [6.45, 7) is 0. The summed E-state index contributed by atoms with van der Waals surface area (Å²) in [4.78, 5) is 21.2. The molecule has 5 heteroatoms. The second-order valence-electron chi connectivity index (χ2n) is 10.8. The molecule has 0 atom stereocenters. The Morgan fingerprint density at radius 1 is 0.775 bits per heavy atom. The molecule has 2 aliphatic carbocycles. The predicted molar refractivity (Wildman–Crippen MR) is 158 cm³/mol. The number of rotatable bonds is 4. The van der Waals surface area contributed by atoms with Crippen LogP contribution >= 0.6 is 0 Å². The van der Waals surface area contributed by atoms with E-state index in [2.05, 4.69) is 59.6 Å². The van der Waals surface area contributed by atoms with Gasteiger partial charge in [0.1, 0.15) is 0 Å². The molecule has 2 fully saturated rings. The first kappa shape index (κ1) is 28.1. The maximum atomic E-state index is 11.8. The first-order chi connectivity index (χ1) is 19.2. The van der Waals surface area contributed by atoms with Gasteiger partial charge in [0.15, 0.2) is 5.78 Å². The summed E-state index contributed by atoms with van der Waals surface area (Å²) >= 11 is 0. The van der Waals surface area contributed by atoms with Gasteiger partial charge in [0.2, 0.25) is 0 Å². The van der Waals surface area contributed by atoms with Crippen LogP contribution in [0.2, 0.25) is 0 Å². The minimum Gasteiger partial charge on any atom is -0.512 e. The van der Waals surface area contributed by atoms with Crippen molar-refractivity contribution in [3.8, 4) is 11.4 Å². The molecule has 0 amide bonds. The Morgan fingerprint density at radius 2 is 1.38 bits per heavy atom. The molecule has 4 nitrogen and oxygen atoms in total. The molecule has 0 saturated heterocycles. The fourth-order valence-electron chi connectivity index (χ4n) is 6.05. The van der Waals surface area contributed by atoms with Gasteiger partial charge in [0, 0.05) is 55.0 Å². The van der Waals surface area contributed by atoms with E-state index in [9.17, 15) is 9.90 Å². The minimum absolute atomic E-state index is 0. The van der Waals surface area contributed by atoms with E-state index in [1.54, 1.807) is 0 Å². The Bertz CT molecular complexity index is 1660. The standard InChI is InChI=1S/C22H13N2.C13H20O2.Ir/c1-3-9-18-15(6-1)8-5-11-20(18)22-23-14-17-13-12-16-7-2-4-10-19(16)21(17)24-22;14-12(10-5-1-2-6-10)9-13(15)11-7-3-4-8-11;/h1-10,12-14H;9-11,14H,1-8H2;/q-1;;/b;12-9-;. The van der Waals surface area contributed by atoms with Gasteiger partial charge in [0.05, 0.1) is 17.1 Å². The Hall–Kier alpha value is -3.40. The van der Waals surface area contributed by atoms with Gasteiger partial charge in [-0.05, 0) is 31.1 Å². The Kier molecular flexibility index (Phi) is 9.04. The van der Waals surface area contributed by atoms with Crippen molar-refractivity contribution >= 4 is 38.2 Å². The van der Waals surface area contributed by atoms with Crippen molar-refractivity contribution in [2.24, 2.45) is 11.8 Å². The summed E-state index contributed by atoms with van der Waals surface area (Å²) in [5, 5.41) is 15.5. The molecule has 7 rings (SSSR count). The molecule has 1 radical (unpaired) electrons. The number of hydrogen-bond acceptors (Lipinski definition) is 4. The summed E-state index contributed by atoms with van der Waals surface area (Å²) < 4.78 is 0. The Balaban J connectivity index is 0.000000175. The maximum absolute atomic E-state index is 11.8. The largest absolute Gasteiger partial charge is 0.512 e. The molecule has 40 heavy (non-hydrogen) atoms. The van der Waals surface area contributed by atoms with Crippen molar-refractivity contribution in [2.75, 3.05) is 0 Å². The van der Waals surface area contributed by atoms with Crippen LogP contribution in [0.3, 0.4) is 0 Å². The van der Waals surface area contributed by atoms with Crippen molar-refractivity contribution in [2.45, 2.75) is 51.4 Å². The first-order valence-corrected chi connectivity index (χ1v) is 14.2. The molecule has 1 aromatic heterocycles. The van der Waals surface area contributed by atoms with Crippen molar-refractivity contribution in [3.05, 3.63) is 96.9 Å². The van der Waals surface area contributed by atoms with E-state index >= 15 is 0 Å². The van der Waals surface area contributed by atoms with Gasteiger partial charge >= 0.3 is 0 Å². The van der Waals surface area contributed by atoms with Crippen LogP contribution in [0.1, 0.15) is 51.4 Å². The summed E-state index contributed by atoms with van der Waals surface area (Å²) in [5.41, 5.74) is 1.93. The summed E-state index contributed by atoms with van der Waals surface area (Å²) in [5.74, 6) is 1.71. The van der Waals surface area contributed by atoms with E-state index in [-0.39, 0.29) is 37.7 Å². The van der Waals surface area contributed by atoms with Crippen LogP contribution in [0.15, 0.2) is 90.8 Å². The zero-order chi connectivity index (χ0) is 26.6. The number of hydrogen-bond donors (Lipinski definition) is 1. The topological polar surface area (TPSA) is 63.1 Å². The van der Waals surface area contributed by atoms with Crippen LogP contribution in [-0.4, -0.2) is 20.9 Å². The Labute approximate surface area is 248 Å². The second kappa shape index (κ2) is 12.8. The van der Waals surface area contributed by atoms with E-state index in [4.69, 9.17) is 4.98 Å². The van der Waals surface area contributed by atoms with Gasteiger partial charge in [0.25, 0.3) is 0 Å². The van der Waals surface area contributed by atoms with Crippen molar-refractivity contribution in [3.63, 3.8) is 0 Å². The maximum Gasteiger partial charge on any atom is 0.162 e. The average molecular weight is 706 g/mol. The fraction of sp³-hybridized carbons (Fsp3) is 0.286. The number of benzene rings is 4. The number of aromatic nitrogens is 2. The SMILES string of the molecule is O=C(/C=C(\O)C1CCCC1)C1CCCC1.[Ir].[c-]1ccc2ccccc2c1-c1ncc2ccc3ccccc3c2n1. The molecule has 0 aliphatic heterocycles. The molecular formula is C35H33IrN2O2-. The number of carbonyl (C=O) groups excluding carboxylic acids is 1. The molecular weight excluding hydrogens is 673 g/mol. The number of carbonyl (C=O) groups is 1. The summed E-state index contributed by atoms with van der Waals surface area (Å²) in [7, 11) is 0. The number of aliphatic hydroxyl groups is 1. The molecule has 5 aromatic rings. The van der Waals surface area contributed by atoms with Gasteiger partial charge in [-0.2, -0.15) is 0 Å². The zero-order valence-electron chi connectivity index (χ0n) is 22.5. The van der Waals surface area contributed by atoms with Crippen molar-refractivity contribution in [1.82, 2.24) is 9.97 Å². The Morgan fingerprint density at radius 3 is 2.10 bits per heavy atom. The normalized spacial score (nSPS) is 16.1. The van der Waals surface area contributed by atoms with Gasteiger partial charge in [-0.3, -0.25) is 14.8 Å². The van der Waals surface area contributed by atoms with Gasteiger partial charge in [-0.1, -0.05) is 97.3 Å². The van der Waals surface area contributed by atoms with E-state index in [1.165, 1.54) is 42.5 Å². The second-order valence-corrected chi connectivity index (χ2v) is 10.8. The number of ketones is 1. The third kappa shape index (κ3) is 6.01. The first-order valence-electron chi connectivity index (χ1n) is 14.2. The van der Waals surface area contributed by atoms with Gasteiger partial charge in [-0.15, -0.1) is 23.6 Å². The van der Waals surface area contributed by atoms with E-state index < -0.39 is 0 Å². The van der Waals surface area contributed by atoms with Gasteiger partial charge < -0.3 is 5.11 Å². The van der Waals surface area contributed by atoms with Crippen LogP contribution in [0.4, 0.5) is 0 Å². The van der Waals surface area contributed by atoms with Crippen LogP contribution in [0.5, 0.6) is 0 Å².